The van der Waals surface area contributed by atoms with E-state index < -0.39 is 17.8 Å². The van der Waals surface area contributed by atoms with Crippen LogP contribution in [0.4, 0.5) is 4.39 Å². The van der Waals surface area contributed by atoms with Crippen LogP contribution in [0.2, 0.25) is 0 Å². The van der Waals surface area contributed by atoms with Gasteiger partial charge in [0.2, 0.25) is 5.91 Å². The van der Waals surface area contributed by atoms with Gasteiger partial charge in [-0.05, 0) is 37.7 Å². The topological polar surface area (TPSA) is 58.2 Å². The summed E-state index contributed by atoms with van der Waals surface area (Å²) in [7, 11) is 0. The molecule has 3 rings (SSSR count). The molecule has 0 heterocycles. The second kappa shape index (κ2) is 11.8. The first-order valence-corrected chi connectivity index (χ1v) is 8.27. The molecule has 6 heteroatoms. The van der Waals surface area contributed by atoms with Gasteiger partial charge in [0.15, 0.2) is 0 Å². The van der Waals surface area contributed by atoms with Crippen molar-refractivity contribution in [3.8, 4) is 0 Å². The number of halogens is 1. The summed E-state index contributed by atoms with van der Waals surface area (Å²) in [5.41, 5.74) is 1.31. The Morgan fingerprint density at radius 3 is 2.22 bits per heavy atom. The molecule has 3 aromatic carbocycles. The first-order valence-electron chi connectivity index (χ1n) is 8.27. The van der Waals surface area contributed by atoms with Crippen LogP contribution in [0, 0.1) is 5.82 Å². The predicted octanol–water partition coefficient (Wildman–Crippen LogP) is 3.38. The molecule has 1 atom stereocenters. The van der Waals surface area contributed by atoms with E-state index in [0.717, 1.165) is 5.56 Å². The molecule has 0 saturated carbocycles. The molecule has 3 aromatic rings. The third kappa shape index (κ3) is 8.03. The molecule has 2 amide bonds. The number of nitrogens with one attached hydrogen (secondary N) is 2. The van der Waals surface area contributed by atoms with E-state index in [0.29, 0.717) is 12.1 Å². The average molecular weight is 408 g/mol. The van der Waals surface area contributed by atoms with Crippen molar-refractivity contribution in [2.45, 2.75) is 19.5 Å². The van der Waals surface area contributed by atoms with Gasteiger partial charge >= 0.3 is 17.1 Å². The molecule has 0 saturated heterocycles. The van der Waals surface area contributed by atoms with Crippen molar-refractivity contribution < 1.29 is 31.0 Å². The van der Waals surface area contributed by atoms with Gasteiger partial charge in [-0.25, -0.2) is 22.6 Å². The Kier molecular flexibility index (Phi) is 9.80. The maximum atomic E-state index is 12.8. The van der Waals surface area contributed by atoms with Crippen LogP contribution in [0.1, 0.15) is 22.8 Å². The Bertz CT molecular complexity index is 767. The Labute approximate surface area is 169 Å². The zero-order valence-corrected chi connectivity index (χ0v) is 15.9. The summed E-state index contributed by atoms with van der Waals surface area (Å²) < 4.78 is 12.8. The third-order valence-corrected chi connectivity index (χ3v) is 3.60. The number of carbonyl (C=O) groups excluding carboxylic acids is 2. The van der Waals surface area contributed by atoms with Gasteiger partial charge < -0.3 is 10.6 Å². The van der Waals surface area contributed by atoms with E-state index in [2.05, 4.69) is 10.6 Å². The molecule has 27 heavy (non-hydrogen) atoms. The standard InChI is InChI=1S/C16H16FN2O2.C5H5.Fe/c1-11(15(20)18-10-12-4-2-3-5-12)19-16(21)13-6-8-14(17)9-7-13;1-2-4-5-3-1;/h2-9,11H,10H2,1H3,(H,18,20)(H,19,21);1-5H;/q2*-1;+2. The quantitative estimate of drug-likeness (QED) is 0.503. The normalized spacial score (nSPS) is 10.6. The molecule has 142 valence electrons. The summed E-state index contributed by atoms with van der Waals surface area (Å²) in [5, 5.41) is 5.31. The van der Waals surface area contributed by atoms with E-state index in [1.54, 1.807) is 6.92 Å². The van der Waals surface area contributed by atoms with Gasteiger partial charge in [-0.3, -0.25) is 9.59 Å². The fourth-order valence-electron chi connectivity index (χ4n) is 2.14. The van der Waals surface area contributed by atoms with Crippen LogP contribution >= 0.6 is 0 Å². The molecule has 0 aromatic heterocycles. The van der Waals surface area contributed by atoms with Gasteiger partial charge in [-0.15, -0.1) is 0 Å². The van der Waals surface area contributed by atoms with E-state index >= 15 is 0 Å². The molecular formula is C21H21FFeN2O2. The van der Waals surface area contributed by atoms with Gasteiger partial charge in [-0.2, -0.15) is 42.0 Å². The Morgan fingerprint density at radius 1 is 1.04 bits per heavy atom. The van der Waals surface area contributed by atoms with E-state index in [1.165, 1.54) is 24.3 Å². The van der Waals surface area contributed by atoms with E-state index in [1.807, 2.05) is 54.6 Å². The monoisotopic (exact) mass is 408 g/mol. The van der Waals surface area contributed by atoms with Crippen LogP contribution in [0.5, 0.6) is 0 Å². The molecule has 0 spiro atoms. The van der Waals surface area contributed by atoms with Crippen LogP contribution in [-0.4, -0.2) is 17.9 Å². The summed E-state index contributed by atoms with van der Waals surface area (Å²) in [6.45, 7) is 2.02. The summed E-state index contributed by atoms with van der Waals surface area (Å²) in [4.78, 5) is 23.8. The molecule has 4 nitrogen and oxygen atoms in total. The number of carbonyl (C=O) groups is 2. The van der Waals surface area contributed by atoms with Crippen molar-refractivity contribution in [3.63, 3.8) is 0 Å². The van der Waals surface area contributed by atoms with Gasteiger partial charge in [0.1, 0.15) is 11.9 Å². The smallest absolute Gasteiger partial charge is 0.362 e. The number of benzene rings is 1. The minimum atomic E-state index is -0.669. The SMILES string of the molecule is CC(NC(=O)c1ccc(F)cc1)C(=O)NCc1cc[cH-]c1.[Fe+2].c1cc[cH-]c1. The second-order valence-electron chi connectivity index (χ2n) is 5.68. The Hall–Kier alpha value is -2.69. The van der Waals surface area contributed by atoms with Crippen LogP contribution in [0.3, 0.4) is 0 Å². The van der Waals surface area contributed by atoms with E-state index in [-0.39, 0.29) is 23.0 Å². The molecular weight excluding hydrogens is 387 g/mol. The number of rotatable bonds is 5. The van der Waals surface area contributed by atoms with Crippen LogP contribution in [0.15, 0.2) is 78.9 Å². The Morgan fingerprint density at radius 2 is 1.70 bits per heavy atom. The zero-order valence-electron chi connectivity index (χ0n) is 14.8. The predicted molar refractivity (Wildman–Crippen MR) is 99.2 cm³/mol. The van der Waals surface area contributed by atoms with Gasteiger partial charge in [0.05, 0.1) is 0 Å². The maximum absolute atomic E-state index is 12.8. The van der Waals surface area contributed by atoms with Crippen LogP contribution < -0.4 is 10.6 Å². The average Bonchev–Trinajstić information content (AvgIpc) is 3.36. The molecule has 0 aliphatic heterocycles. The van der Waals surface area contributed by atoms with Crippen LogP contribution in [-0.2, 0) is 28.4 Å². The second-order valence-corrected chi connectivity index (χ2v) is 5.68. The van der Waals surface area contributed by atoms with Crippen molar-refractivity contribution in [1.82, 2.24) is 10.6 Å². The van der Waals surface area contributed by atoms with Crippen molar-refractivity contribution in [2.75, 3.05) is 0 Å². The number of hydrogen-bond donors (Lipinski definition) is 2. The molecule has 0 fully saturated rings. The fourth-order valence-corrected chi connectivity index (χ4v) is 2.14. The maximum Gasteiger partial charge on any atom is 2.00 e. The zero-order chi connectivity index (χ0) is 18.8. The third-order valence-electron chi connectivity index (χ3n) is 3.60. The van der Waals surface area contributed by atoms with Crippen molar-refractivity contribution in [3.05, 3.63) is 95.8 Å². The van der Waals surface area contributed by atoms with Gasteiger partial charge in [-0.1, -0.05) is 0 Å². The number of hydrogen-bond acceptors (Lipinski definition) is 2. The molecule has 0 radical (unpaired) electrons. The first-order chi connectivity index (χ1) is 12.6. The Balaban J connectivity index is 0.000000526. The van der Waals surface area contributed by atoms with E-state index in [4.69, 9.17) is 0 Å². The van der Waals surface area contributed by atoms with Gasteiger partial charge in [0, 0.05) is 5.56 Å². The van der Waals surface area contributed by atoms with E-state index in [9.17, 15) is 14.0 Å². The summed E-state index contributed by atoms with van der Waals surface area (Å²) in [6, 6.07) is 22.1. The van der Waals surface area contributed by atoms with Crippen molar-refractivity contribution in [2.24, 2.45) is 0 Å². The van der Waals surface area contributed by atoms with Gasteiger partial charge in [0.25, 0.3) is 5.91 Å². The number of amides is 2. The summed E-state index contributed by atoms with van der Waals surface area (Å²) in [6.07, 6.45) is 0. The summed E-state index contributed by atoms with van der Waals surface area (Å²) in [5.74, 6) is -1.09. The first kappa shape index (κ1) is 22.4. The fraction of sp³-hybridized carbons (Fsp3) is 0.143. The molecule has 0 aliphatic rings. The molecule has 0 aliphatic carbocycles. The molecule has 2 N–H and O–H groups in total. The molecule has 0 bridgehead atoms. The van der Waals surface area contributed by atoms with Crippen molar-refractivity contribution >= 4 is 11.8 Å². The molecule has 1 unspecified atom stereocenters. The minimum absolute atomic E-state index is 0. The van der Waals surface area contributed by atoms with Crippen molar-refractivity contribution in [1.29, 1.82) is 0 Å². The largest absolute Gasteiger partial charge is 2.00 e. The summed E-state index contributed by atoms with van der Waals surface area (Å²) >= 11 is 0. The van der Waals surface area contributed by atoms with Crippen LogP contribution in [0.25, 0.3) is 0 Å². The minimum Gasteiger partial charge on any atom is -0.362 e.